The van der Waals surface area contributed by atoms with Gasteiger partial charge < -0.3 is 9.80 Å². The molecule has 0 saturated carbocycles. The summed E-state index contributed by atoms with van der Waals surface area (Å²) >= 11 is 0. The van der Waals surface area contributed by atoms with Gasteiger partial charge >= 0.3 is 6.18 Å². The van der Waals surface area contributed by atoms with Crippen LogP contribution in [0.2, 0.25) is 0 Å². The van der Waals surface area contributed by atoms with Crippen molar-refractivity contribution in [3.05, 3.63) is 58.7 Å². The van der Waals surface area contributed by atoms with E-state index in [0.29, 0.717) is 31.9 Å². The van der Waals surface area contributed by atoms with Crippen LogP contribution in [-0.4, -0.2) is 64.6 Å². The molecular formula is C21H16F3N5O2. The normalized spacial score (nSPS) is 17.1. The maximum atomic E-state index is 13.9. The molecule has 31 heavy (non-hydrogen) atoms. The maximum absolute atomic E-state index is 13.9. The third-order valence-corrected chi connectivity index (χ3v) is 5.63. The molecule has 2 aromatic heterocycles. The number of rotatable bonds is 1. The summed E-state index contributed by atoms with van der Waals surface area (Å²) in [5.41, 5.74) is -1.86. The number of nitrogens with zero attached hydrogens (tertiary/aromatic N) is 5. The third-order valence-electron chi connectivity index (χ3n) is 5.63. The molecule has 10 heteroatoms. The van der Waals surface area contributed by atoms with Gasteiger partial charge in [0.25, 0.3) is 0 Å². The molecule has 1 aromatic carbocycles. The van der Waals surface area contributed by atoms with Gasteiger partial charge in [-0.2, -0.15) is 13.2 Å². The van der Waals surface area contributed by atoms with Crippen molar-refractivity contribution in [3.63, 3.8) is 0 Å². The van der Waals surface area contributed by atoms with Crippen LogP contribution >= 0.6 is 0 Å². The summed E-state index contributed by atoms with van der Waals surface area (Å²) in [5.74, 6) is -1.29. The highest BCUT2D eigenvalue weighted by atomic mass is 19.4. The molecule has 0 bridgehead atoms. The molecule has 7 nitrogen and oxygen atoms in total. The van der Waals surface area contributed by atoms with Crippen molar-refractivity contribution in [1.29, 1.82) is 0 Å². The highest BCUT2D eigenvalue weighted by Crippen LogP contribution is 2.38. The highest BCUT2D eigenvalue weighted by molar-refractivity contribution is 6.26. The molecule has 5 rings (SSSR count). The predicted octanol–water partition coefficient (Wildman–Crippen LogP) is 2.57. The lowest BCUT2D eigenvalue weighted by atomic mass is 9.93. The molecule has 1 aliphatic heterocycles. The molecule has 3 heterocycles. The zero-order chi connectivity index (χ0) is 21.9. The summed E-state index contributed by atoms with van der Waals surface area (Å²) in [5, 5.41) is 0. The van der Waals surface area contributed by atoms with E-state index < -0.39 is 28.8 Å². The Morgan fingerprint density at radius 2 is 1.65 bits per heavy atom. The van der Waals surface area contributed by atoms with Crippen LogP contribution in [0.5, 0.6) is 0 Å². The average Bonchev–Trinajstić information content (AvgIpc) is 2.75. The number of piperazine rings is 1. The molecule has 0 amide bonds. The number of pyridine rings is 1. The number of hydrogen-bond acceptors (Lipinski definition) is 7. The molecule has 0 atom stereocenters. The van der Waals surface area contributed by atoms with Crippen LogP contribution in [0.3, 0.4) is 0 Å². The number of aromatic nitrogens is 3. The van der Waals surface area contributed by atoms with Crippen molar-refractivity contribution in [2.75, 3.05) is 38.1 Å². The Morgan fingerprint density at radius 3 is 2.35 bits per heavy atom. The van der Waals surface area contributed by atoms with Gasteiger partial charge in [-0.3, -0.25) is 14.6 Å². The molecule has 1 saturated heterocycles. The summed E-state index contributed by atoms with van der Waals surface area (Å²) in [6.45, 7) is 2.55. The second-order valence-electron chi connectivity index (χ2n) is 7.63. The highest BCUT2D eigenvalue weighted by Gasteiger charge is 2.38. The van der Waals surface area contributed by atoms with Crippen molar-refractivity contribution in [2.45, 2.75) is 6.18 Å². The van der Waals surface area contributed by atoms with Crippen LogP contribution in [0.15, 0.2) is 30.5 Å². The van der Waals surface area contributed by atoms with Gasteiger partial charge in [-0.1, -0.05) is 0 Å². The molecule has 0 spiro atoms. The van der Waals surface area contributed by atoms with E-state index in [4.69, 9.17) is 0 Å². The number of hydrogen-bond donors (Lipinski definition) is 0. The molecule has 3 aromatic rings. The summed E-state index contributed by atoms with van der Waals surface area (Å²) < 4.78 is 41.7. The Morgan fingerprint density at radius 1 is 0.935 bits per heavy atom. The first-order valence-electron chi connectivity index (χ1n) is 9.65. The fourth-order valence-corrected chi connectivity index (χ4v) is 3.93. The molecule has 0 radical (unpaired) electrons. The fourth-order valence-electron chi connectivity index (χ4n) is 3.93. The zero-order valence-corrected chi connectivity index (χ0v) is 16.4. The topological polar surface area (TPSA) is 79.3 Å². The van der Waals surface area contributed by atoms with E-state index in [1.165, 1.54) is 24.4 Å². The minimum absolute atomic E-state index is 0.0104. The summed E-state index contributed by atoms with van der Waals surface area (Å²) in [6.07, 6.45) is -3.33. The van der Waals surface area contributed by atoms with Crippen molar-refractivity contribution >= 4 is 28.3 Å². The number of ketones is 2. The van der Waals surface area contributed by atoms with Crippen LogP contribution in [0.1, 0.15) is 37.8 Å². The number of anilines is 1. The first-order valence-corrected chi connectivity index (χ1v) is 9.65. The first-order chi connectivity index (χ1) is 14.7. The van der Waals surface area contributed by atoms with Gasteiger partial charge in [0.15, 0.2) is 0 Å². The minimum atomic E-state index is -4.70. The predicted molar refractivity (Wildman–Crippen MR) is 105 cm³/mol. The van der Waals surface area contributed by atoms with Gasteiger partial charge in [0, 0.05) is 38.1 Å². The second kappa shape index (κ2) is 6.81. The summed E-state index contributed by atoms with van der Waals surface area (Å²) in [6, 6.07) is 5.42. The molecular weight excluding hydrogens is 411 g/mol. The van der Waals surface area contributed by atoms with Crippen LogP contribution in [0.25, 0.3) is 11.0 Å². The standard InChI is InChI=1S/C21H16F3N5O2/c1-28-5-7-29(8-6-28)11-9-13(21(22,23)24)16-14(10-11)26-18-17(27-16)19(30)12-3-2-4-25-15(12)20(18)31/h2-4,9-10H,5-8H2,1H3. The van der Waals surface area contributed by atoms with Crippen LogP contribution in [0, 0.1) is 0 Å². The van der Waals surface area contributed by atoms with Crippen LogP contribution < -0.4 is 4.90 Å². The van der Waals surface area contributed by atoms with Crippen LogP contribution in [-0.2, 0) is 6.18 Å². The smallest absolute Gasteiger partial charge is 0.369 e. The molecule has 1 fully saturated rings. The summed E-state index contributed by atoms with van der Waals surface area (Å²) in [7, 11) is 1.95. The number of halogens is 3. The molecule has 0 N–H and O–H groups in total. The Labute approximate surface area is 174 Å². The molecule has 0 unspecified atom stereocenters. The van der Waals surface area contributed by atoms with E-state index in [0.717, 1.165) is 6.07 Å². The molecule has 158 valence electrons. The maximum Gasteiger partial charge on any atom is 0.418 e. The Bertz CT molecular complexity index is 1250. The Kier molecular flexibility index (Phi) is 4.30. The zero-order valence-electron chi connectivity index (χ0n) is 16.4. The van der Waals surface area contributed by atoms with E-state index in [1.807, 2.05) is 11.9 Å². The number of carbonyl (C=O) groups is 2. The molecule has 1 aliphatic carbocycles. The average molecular weight is 427 g/mol. The molecule has 2 aliphatic rings. The van der Waals surface area contributed by atoms with Crippen molar-refractivity contribution in [2.24, 2.45) is 0 Å². The van der Waals surface area contributed by atoms with Gasteiger partial charge in [-0.05, 0) is 31.3 Å². The lowest BCUT2D eigenvalue weighted by Gasteiger charge is -2.34. The van der Waals surface area contributed by atoms with E-state index in [9.17, 15) is 22.8 Å². The number of fused-ring (bicyclic) bond motifs is 3. The van der Waals surface area contributed by atoms with E-state index in [-0.39, 0.29) is 28.2 Å². The number of likely N-dealkylation sites (N-methyl/N-ethyl adjacent to an activating group) is 1. The van der Waals surface area contributed by atoms with Gasteiger partial charge in [0.05, 0.1) is 16.6 Å². The van der Waals surface area contributed by atoms with Gasteiger partial charge in [0.2, 0.25) is 11.6 Å². The SMILES string of the molecule is CN1CCN(c2cc(C(F)(F)F)c3nc4c(nc3c2)C(=O)c2ncccc2C4=O)CC1. The first kappa shape index (κ1) is 19.6. The van der Waals surface area contributed by atoms with Gasteiger partial charge in [-0.25, -0.2) is 9.97 Å². The largest absolute Gasteiger partial charge is 0.418 e. The lowest BCUT2D eigenvalue weighted by molar-refractivity contribution is -0.136. The van der Waals surface area contributed by atoms with Crippen LogP contribution in [0.4, 0.5) is 18.9 Å². The van der Waals surface area contributed by atoms with E-state index in [2.05, 4.69) is 19.9 Å². The Balaban J connectivity index is 1.72. The fraction of sp³-hybridized carbons (Fsp3) is 0.286. The third kappa shape index (κ3) is 3.14. The van der Waals surface area contributed by atoms with E-state index >= 15 is 0 Å². The minimum Gasteiger partial charge on any atom is -0.369 e. The quantitative estimate of drug-likeness (QED) is 0.462. The summed E-state index contributed by atoms with van der Waals surface area (Å²) in [4.78, 5) is 41.7. The van der Waals surface area contributed by atoms with Crippen molar-refractivity contribution in [1.82, 2.24) is 19.9 Å². The Hall–Kier alpha value is -3.40. The number of carbonyl (C=O) groups excluding carboxylic acids is 2. The second-order valence-corrected chi connectivity index (χ2v) is 7.63. The van der Waals surface area contributed by atoms with Gasteiger partial charge in [0.1, 0.15) is 22.6 Å². The lowest BCUT2D eigenvalue weighted by Crippen LogP contribution is -2.44. The van der Waals surface area contributed by atoms with Gasteiger partial charge in [-0.15, -0.1) is 0 Å². The van der Waals surface area contributed by atoms with Crippen molar-refractivity contribution < 1.29 is 22.8 Å². The monoisotopic (exact) mass is 427 g/mol. The number of alkyl halides is 3. The number of benzene rings is 1. The van der Waals surface area contributed by atoms with Crippen molar-refractivity contribution in [3.8, 4) is 0 Å². The van der Waals surface area contributed by atoms with E-state index in [1.54, 1.807) is 0 Å².